The first-order valence-corrected chi connectivity index (χ1v) is 7.98. The zero-order chi connectivity index (χ0) is 13.9. The quantitative estimate of drug-likeness (QED) is 0.878. The summed E-state index contributed by atoms with van der Waals surface area (Å²) in [5.74, 6) is 0.185. The van der Waals surface area contributed by atoms with Crippen molar-refractivity contribution < 1.29 is 4.39 Å². The van der Waals surface area contributed by atoms with E-state index in [-0.39, 0.29) is 5.82 Å². The highest BCUT2D eigenvalue weighted by molar-refractivity contribution is 7.09. The van der Waals surface area contributed by atoms with Crippen LogP contribution >= 0.6 is 11.3 Å². The molecule has 0 spiro atoms. The van der Waals surface area contributed by atoms with Gasteiger partial charge in [0.1, 0.15) is 5.82 Å². The van der Waals surface area contributed by atoms with E-state index in [4.69, 9.17) is 0 Å². The molecule has 0 bridgehead atoms. The Bertz CT molecular complexity index is 560. The minimum Gasteiger partial charge on any atom is -0.313 e. The van der Waals surface area contributed by atoms with E-state index in [0.29, 0.717) is 12.0 Å². The molecule has 1 aliphatic rings. The predicted octanol–water partition coefficient (Wildman–Crippen LogP) is 3.67. The number of nitrogens with one attached hydrogen (secondary N) is 1. The van der Waals surface area contributed by atoms with Crippen molar-refractivity contribution in [1.82, 2.24) is 10.3 Å². The second-order valence-electron chi connectivity index (χ2n) is 5.49. The van der Waals surface area contributed by atoms with Crippen molar-refractivity contribution in [2.24, 2.45) is 0 Å². The Labute approximate surface area is 123 Å². The third-order valence-corrected chi connectivity index (χ3v) is 4.52. The number of aromatic nitrogens is 1. The van der Waals surface area contributed by atoms with Crippen LogP contribution in [0.25, 0.3) is 0 Å². The van der Waals surface area contributed by atoms with Gasteiger partial charge >= 0.3 is 0 Å². The second-order valence-corrected chi connectivity index (χ2v) is 6.56. The highest BCUT2D eigenvalue weighted by Crippen LogP contribution is 2.24. The van der Waals surface area contributed by atoms with Crippen LogP contribution in [0.3, 0.4) is 0 Å². The fourth-order valence-corrected chi connectivity index (χ4v) is 3.02. The summed E-state index contributed by atoms with van der Waals surface area (Å²) in [5, 5.41) is 6.81. The van der Waals surface area contributed by atoms with E-state index in [0.717, 1.165) is 23.7 Å². The molecule has 1 aromatic carbocycles. The third kappa shape index (κ3) is 3.64. The fraction of sp³-hybridized carbons (Fsp3) is 0.438. The van der Waals surface area contributed by atoms with Gasteiger partial charge in [-0.1, -0.05) is 12.1 Å². The van der Waals surface area contributed by atoms with Gasteiger partial charge in [-0.3, -0.25) is 0 Å². The SMILES string of the molecule is Cc1nc(CC(CNC2CC2)c2ccc(F)cc2)cs1. The molecule has 1 unspecified atom stereocenters. The molecular weight excluding hydrogens is 271 g/mol. The molecule has 0 amide bonds. The maximum atomic E-state index is 13.1. The van der Waals surface area contributed by atoms with Gasteiger partial charge in [-0.25, -0.2) is 9.37 Å². The molecule has 2 aromatic rings. The van der Waals surface area contributed by atoms with E-state index in [2.05, 4.69) is 15.7 Å². The predicted molar refractivity (Wildman–Crippen MR) is 80.7 cm³/mol. The molecule has 0 aliphatic heterocycles. The molecule has 1 atom stereocenters. The first-order chi connectivity index (χ1) is 9.70. The highest BCUT2D eigenvalue weighted by Gasteiger charge is 2.23. The number of rotatable bonds is 6. The van der Waals surface area contributed by atoms with Crippen LogP contribution < -0.4 is 5.32 Å². The Hall–Kier alpha value is -1.26. The number of halogens is 1. The van der Waals surface area contributed by atoms with Gasteiger partial charge in [-0.15, -0.1) is 11.3 Å². The molecule has 106 valence electrons. The van der Waals surface area contributed by atoms with Gasteiger partial charge in [0, 0.05) is 23.9 Å². The molecule has 0 saturated heterocycles. The van der Waals surface area contributed by atoms with Crippen molar-refractivity contribution in [1.29, 1.82) is 0 Å². The number of hydrogen-bond donors (Lipinski definition) is 1. The average Bonchev–Trinajstić information content (AvgIpc) is 3.18. The molecule has 1 N–H and O–H groups in total. The number of hydrogen-bond acceptors (Lipinski definition) is 3. The molecule has 3 rings (SSSR count). The van der Waals surface area contributed by atoms with Crippen molar-refractivity contribution in [2.45, 2.75) is 38.1 Å². The Kier molecular flexibility index (Phi) is 4.13. The summed E-state index contributed by atoms with van der Waals surface area (Å²) in [6.07, 6.45) is 3.48. The summed E-state index contributed by atoms with van der Waals surface area (Å²) in [6.45, 7) is 2.97. The van der Waals surface area contributed by atoms with Gasteiger partial charge in [0.05, 0.1) is 10.7 Å². The Morgan fingerprint density at radius 1 is 1.35 bits per heavy atom. The zero-order valence-corrected chi connectivity index (χ0v) is 12.4. The van der Waals surface area contributed by atoms with E-state index < -0.39 is 0 Å². The summed E-state index contributed by atoms with van der Waals surface area (Å²) < 4.78 is 13.1. The molecule has 1 aromatic heterocycles. The van der Waals surface area contributed by atoms with Gasteiger partial charge in [0.25, 0.3) is 0 Å². The molecule has 1 fully saturated rings. The van der Waals surface area contributed by atoms with Crippen LogP contribution in [-0.2, 0) is 6.42 Å². The second kappa shape index (κ2) is 6.02. The molecule has 1 saturated carbocycles. The lowest BCUT2D eigenvalue weighted by Crippen LogP contribution is -2.25. The lowest BCUT2D eigenvalue weighted by atomic mass is 9.94. The Balaban J connectivity index is 1.73. The molecule has 1 aliphatic carbocycles. The van der Waals surface area contributed by atoms with Gasteiger partial charge in [0.2, 0.25) is 0 Å². The van der Waals surface area contributed by atoms with E-state index >= 15 is 0 Å². The van der Waals surface area contributed by atoms with Crippen LogP contribution in [0.2, 0.25) is 0 Å². The van der Waals surface area contributed by atoms with Crippen LogP contribution in [0.4, 0.5) is 4.39 Å². The smallest absolute Gasteiger partial charge is 0.123 e. The van der Waals surface area contributed by atoms with E-state index in [1.165, 1.54) is 18.4 Å². The summed E-state index contributed by atoms with van der Waals surface area (Å²) in [7, 11) is 0. The lowest BCUT2D eigenvalue weighted by Gasteiger charge is -2.17. The van der Waals surface area contributed by atoms with Crippen LogP contribution in [-0.4, -0.2) is 17.6 Å². The maximum Gasteiger partial charge on any atom is 0.123 e. The lowest BCUT2D eigenvalue weighted by molar-refractivity contribution is 0.570. The molecular formula is C16H19FN2S. The van der Waals surface area contributed by atoms with Crippen LogP contribution in [0.1, 0.15) is 35.0 Å². The summed E-state index contributed by atoms with van der Waals surface area (Å²) in [6, 6.07) is 7.58. The minimum atomic E-state index is -0.174. The van der Waals surface area contributed by atoms with Gasteiger partial charge in [0.15, 0.2) is 0 Å². The molecule has 4 heteroatoms. The van der Waals surface area contributed by atoms with E-state index in [9.17, 15) is 4.39 Å². The summed E-state index contributed by atoms with van der Waals surface area (Å²) >= 11 is 1.69. The number of nitrogens with zero attached hydrogens (tertiary/aromatic N) is 1. The largest absolute Gasteiger partial charge is 0.313 e. The topological polar surface area (TPSA) is 24.9 Å². The Morgan fingerprint density at radius 2 is 2.10 bits per heavy atom. The van der Waals surface area contributed by atoms with Crippen molar-refractivity contribution in [3.05, 3.63) is 51.7 Å². The minimum absolute atomic E-state index is 0.174. The summed E-state index contributed by atoms with van der Waals surface area (Å²) in [5.41, 5.74) is 2.32. The number of aryl methyl sites for hydroxylation is 1. The van der Waals surface area contributed by atoms with Crippen LogP contribution in [0.5, 0.6) is 0 Å². The summed E-state index contributed by atoms with van der Waals surface area (Å²) in [4.78, 5) is 4.55. The first-order valence-electron chi connectivity index (χ1n) is 7.10. The molecule has 2 nitrogen and oxygen atoms in total. The van der Waals surface area contributed by atoms with E-state index in [1.54, 1.807) is 23.5 Å². The first kappa shape index (κ1) is 13.7. The Morgan fingerprint density at radius 3 is 2.70 bits per heavy atom. The molecule has 0 radical (unpaired) electrons. The monoisotopic (exact) mass is 290 g/mol. The zero-order valence-electron chi connectivity index (χ0n) is 11.6. The normalized spacial score (nSPS) is 16.3. The molecule has 20 heavy (non-hydrogen) atoms. The van der Waals surface area contributed by atoms with Crippen molar-refractivity contribution >= 4 is 11.3 Å². The highest BCUT2D eigenvalue weighted by atomic mass is 32.1. The van der Waals surface area contributed by atoms with E-state index in [1.807, 2.05) is 19.1 Å². The molecule has 1 heterocycles. The number of thiazole rings is 1. The maximum absolute atomic E-state index is 13.1. The van der Waals surface area contributed by atoms with Crippen molar-refractivity contribution in [3.63, 3.8) is 0 Å². The van der Waals surface area contributed by atoms with Crippen molar-refractivity contribution in [3.8, 4) is 0 Å². The standard InChI is InChI=1S/C16H19FN2S/c1-11-19-16(10-20-11)8-13(9-18-15-6-7-15)12-2-4-14(17)5-3-12/h2-5,10,13,15,18H,6-9H2,1H3. The van der Waals surface area contributed by atoms with Crippen molar-refractivity contribution in [2.75, 3.05) is 6.54 Å². The van der Waals surface area contributed by atoms with Gasteiger partial charge < -0.3 is 5.32 Å². The number of benzene rings is 1. The fourth-order valence-electron chi connectivity index (χ4n) is 2.39. The van der Waals surface area contributed by atoms with Crippen LogP contribution in [0.15, 0.2) is 29.6 Å². The van der Waals surface area contributed by atoms with Gasteiger partial charge in [-0.05, 0) is 43.9 Å². The van der Waals surface area contributed by atoms with Crippen LogP contribution in [0, 0.1) is 12.7 Å². The third-order valence-electron chi connectivity index (χ3n) is 3.69. The average molecular weight is 290 g/mol. The van der Waals surface area contributed by atoms with Gasteiger partial charge in [-0.2, -0.15) is 0 Å².